The number of rotatable bonds is 0. The van der Waals surface area contributed by atoms with E-state index in [1.165, 1.54) is 0 Å². The van der Waals surface area contributed by atoms with Crippen LogP contribution in [0.15, 0.2) is 0 Å². The maximum absolute atomic E-state index is 11.8. The summed E-state index contributed by atoms with van der Waals surface area (Å²) in [5, 5.41) is 0. The predicted octanol–water partition coefficient (Wildman–Crippen LogP) is 0.425. The lowest BCUT2D eigenvalue weighted by molar-refractivity contribution is -0.0261. The van der Waals surface area contributed by atoms with Gasteiger partial charge in [0.1, 0.15) is 16.5 Å². The first-order valence-electron chi connectivity index (χ1n) is 5.00. The highest BCUT2D eigenvalue weighted by Crippen LogP contribution is 2.80. The molecule has 0 aromatic heterocycles. The molecule has 3 saturated heterocycles. The van der Waals surface area contributed by atoms with E-state index in [0.717, 1.165) is 0 Å². The van der Waals surface area contributed by atoms with Crippen LogP contribution in [-0.2, 0) is 19.0 Å². The zero-order valence-corrected chi connectivity index (χ0v) is 8.93. The van der Waals surface area contributed by atoms with Crippen LogP contribution >= 0.6 is 0 Å². The van der Waals surface area contributed by atoms with E-state index >= 15 is 0 Å². The molecule has 5 heteroatoms. The second-order valence-corrected chi connectivity index (χ2v) is 7.29. The molecule has 5 unspecified atom stereocenters. The van der Waals surface area contributed by atoms with Crippen molar-refractivity contribution in [3.05, 3.63) is 0 Å². The van der Waals surface area contributed by atoms with E-state index in [-0.39, 0.29) is 17.6 Å². The molecule has 1 spiro atoms. The molecule has 2 bridgehead atoms. The van der Waals surface area contributed by atoms with E-state index in [1.54, 1.807) is 0 Å². The molecule has 0 amide bonds. The maximum Gasteiger partial charge on any atom is 0.276 e. The second-order valence-electron chi connectivity index (χ2n) is 5.41. The Hall–Kier alpha value is -0.130. The summed E-state index contributed by atoms with van der Waals surface area (Å²) in [5.41, 5.74) is -0.730. The minimum Gasteiger partial charge on any atom is -0.364 e. The highest BCUT2D eigenvalue weighted by molar-refractivity contribution is 7.89. The third-order valence-corrected chi connectivity index (χ3v) is 6.88. The van der Waals surface area contributed by atoms with Crippen LogP contribution in [0, 0.1) is 5.92 Å². The molecule has 0 aromatic carbocycles. The van der Waals surface area contributed by atoms with Crippen molar-refractivity contribution in [2.45, 2.75) is 48.7 Å². The third kappa shape index (κ3) is 0.466. The summed E-state index contributed by atoms with van der Waals surface area (Å²) in [4.78, 5) is 0. The average molecular weight is 216 g/mol. The van der Waals surface area contributed by atoms with Crippen molar-refractivity contribution in [3.63, 3.8) is 0 Å². The first-order valence-corrected chi connectivity index (χ1v) is 6.41. The lowest BCUT2D eigenvalue weighted by Crippen LogP contribution is -2.38. The van der Waals surface area contributed by atoms with Gasteiger partial charge in [0.25, 0.3) is 10.1 Å². The lowest BCUT2D eigenvalue weighted by atomic mass is 9.79. The Bertz CT molecular complexity index is 457. The largest absolute Gasteiger partial charge is 0.364 e. The summed E-state index contributed by atoms with van der Waals surface area (Å²) in [7, 11) is -3.36. The molecule has 0 radical (unpaired) electrons. The zero-order chi connectivity index (χ0) is 9.98. The van der Waals surface area contributed by atoms with Gasteiger partial charge in [0, 0.05) is 18.8 Å². The predicted molar refractivity (Wildman–Crippen MR) is 47.1 cm³/mol. The molecule has 14 heavy (non-hydrogen) atoms. The molecular formula is C9H12O4S. The second kappa shape index (κ2) is 1.58. The van der Waals surface area contributed by atoms with Gasteiger partial charge in [-0.15, -0.1) is 0 Å². The molecule has 1 aliphatic carbocycles. The summed E-state index contributed by atoms with van der Waals surface area (Å²) in [6.45, 7) is 4.04. The highest BCUT2D eigenvalue weighted by Gasteiger charge is 2.95. The molecule has 1 saturated carbocycles. The summed E-state index contributed by atoms with van der Waals surface area (Å²) < 4.78 is 34.1. The standard InChI is InChI=1S/C9H12O4S/c1-5-6-9-4-8(9,14(10,11)12-6)3-7(5,2)13-9/h5-6H,3-4H2,1-2H3. The number of hydrogen-bond acceptors (Lipinski definition) is 4. The fourth-order valence-electron chi connectivity index (χ4n) is 3.91. The summed E-state index contributed by atoms with van der Waals surface area (Å²) in [5.74, 6) is 0.190. The molecular weight excluding hydrogens is 204 g/mol. The van der Waals surface area contributed by atoms with Gasteiger partial charge >= 0.3 is 0 Å². The van der Waals surface area contributed by atoms with E-state index in [0.29, 0.717) is 12.8 Å². The van der Waals surface area contributed by atoms with Crippen LogP contribution < -0.4 is 0 Å². The van der Waals surface area contributed by atoms with E-state index in [1.807, 2.05) is 13.8 Å². The summed E-state index contributed by atoms with van der Waals surface area (Å²) in [6, 6.07) is 0. The maximum atomic E-state index is 11.8. The van der Waals surface area contributed by atoms with Crippen LogP contribution in [0.4, 0.5) is 0 Å². The molecule has 78 valence electrons. The van der Waals surface area contributed by atoms with Crippen molar-refractivity contribution in [1.82, 2.24) is 0 Å². The normalized spacial score (nSPS) is 71.0. The number of hydrogen-bond donors (Lipinski definition) is 0. The summed E-state index contributed by atoms with van der Waals surface area (Å²) >= 11 is 0. The molecule has 4 rings (SSSR count). The molecule has 4 aliphatic rings. The van der Waals surface area contributed by atoms with Crippen molar-refractivity contribution in [2.24, 2.45) is 5.92 Å². The van der Waals surface area contributed by atoms with Gasteiger partial charge in [-0.25, -0.2) is 0 Å². The van der Waals surface area contributed by atoms with Crippen LogP contribution in [0.5, 0.6) is 0 Å². The minimum atomic E-state index is -3.36. The van der Waals surface area contributed by atoms with Crippen molar-refractivity contribution < 1.29 is 17.3 Å². The third-order valence-electron chi connectivity index (χ3n) is 4.83. The highest BCUT2D eigenvalue weighted by atomic mass is 32.2. The first-order chi connectivity index (χ1) is 6.37. The van der Waals surface area contributed by atoms with Crippen LogP contribution in [0.2, 0.25) is 0 Å². The Morgan fingerprint density at radius 1 is 1.36 bits per heavy atom. The Labute approximate surface area is 82.7 Å². The van der Waals surface area contributed by atoms with E-state index in [2.05, 4.69) is 0 Å². The van der Waals surface area contributed by atoms with Crippen LogP contribution in [0.1, 0.15) is 26.7 Å². The minimum absolute atomic E-state index is 0.190. The lowest BCUT2D eigenvalue weighted by Gasteiger charge is -2.26. The zero-order valence-electron chi connectivity index (χ0n) is 8.11. The first kappa shape index (κ1) is 8.07. The fraction of sp³-hybridized carbons (Fsp3) is 1.00. The van der Waals surface area contributed by atoms with Crippen molar-refractivity contribution >= 4 is 10.1 Å². The Kier molecular flexibility index (Phi) is 0.911. The van der Waals surface area contributed by atoms with Gasteiger partial charge in [0.15, 0.2) is 0 Å². The smallest absolute Gasteiger partial charge is 0.276 e. The molecule has 4 fully saturated rings. The van der Waals surface area contributed by atoms with E-state index in [9.17, 15) is 8.42 Å². The Morgan fingerprint density at radius 2 is 2.07 bits per heavy atom. The van der Waals surface area contributed by atoms with Crippen LogP contribution in [-0.4, -0.2) is 30.5 Å². The molecule has 0 N–H and O–H groups in total. The van der Waals surface area contributed by atoms with Crippen LogP contribution in [0.25, 0.3) is 0 Å². The average Bonchev–Trinajstić information content (AvgIpc) is 2.51. The van der Waals surface area contributed by atoms with Gasteiger partial charge in [-0.3, -0.25) is 4.18 Å². The topological polar surface area (TPSA) is 52.6 Å². The Morgan fingerprint density at radius 3 is 2.64 bits per heavy atom. The van der Waals surface area contributed by atoms with Gasteiger partial charge in [0.2, 0.25) is 0 Å². The monoisotopic (exact) mass is 216 g/mol. The fourth-order valence-corrected chi connectivity index (χ4v) is 6.13. The molecule has 3 heterocycles. The van der Waals surface area contributed by atoms with Crippen molar-refractivity contribution in [1.29, 1.82) is 0 Å². The van der Waals surface area contributed by atoms with Gasteiger partial charge in [-0.1, -0.05) is 6.92 Å². The molecule has 0 aromatic rings. The van der Waals surface area contributed by atoms with Gasteiger partial charge < -0.3 is 4.74 Å². The number of ether oxygens (including phenoxy) is 1. The molecule has 3 aliphatic heterocycles. The quantitative estimate of drug-likeness (QED) is 0.551. The van der Waals surface area contributed by atoms with Gasteiger partial charge in [-0.05, 0) is 6.92 Å². The number of fused-ring (bicyclic) bond motifs is 1. The Balaban J connectivity index is 2.03. The molecule has 4 nitrogen and oxygen atoms in total. The van der Waals surface area contributed by atoms with E-state index in [4.69, 9.17) is 8.92 Å². The van der Waals surface area contributed by atoms with Crippen LogP contribution in [0.3, 0.4) is 0 Å². The van der Waals surface area contributed by atoms with Gasteiger partial charge in [0.05, 0.1) is 5.60 Å². The van der Waals surface area contributed by atoms with Crippen molar-refractivity contribution in [3.8, 4) is 0 Å². The summed E-state index contributed by atoms with van der Waals surface area (Å²) in [6.07, 6.45) is 1.07. The van der Waals surface area contributed by atoms with E-state index < -0.39 is 20.5 Å². The van der Waals surface area contributed by atoms with Gasteiger partial charge in [-0.2, -0.15) is 8.42 Å². The van der Waals surface area contributed by atoms with Crippen molar-refractivity contribution in [2.75, 3.05) is 0 Å². The SMILES string of the molecule is CC1C2OS(=O)(=O)C34CC1(C)OC23C4. The molecule has 5 atom stereocenters.